The molecule has 0 aromatic heterocycles. The Labute approximate surface area is 114 Å². The summed E-state index contributed by atoms with van der Waals surface area (Å²) in [5, 5.41) is 0. The van der Waals surface area contributed by atoms with E-state index in [9.17, 15) is 18.0 Å². The number of aryl methyl sites for hydroxylation is 1. The van der Waals surface area contributed by atoms with Crippen molar-refractivity contribution in [3.8, 4) is 11.1 Å². The molecule has 3 rings (SSSR count). The summed E-state index contributed by atoms with van der Waals surface area (Å²) < 4.78 is 38.1. The molecule has 0 atom stereocenters. The van der Waals surface area contributed by atoms with Gasteiger partial charge in [0.2, 0.25) is 0 Å². The highest BCUT2D eigenvalue weighted by Gasteiger charge is 2.30. The average Bonchev–Trinajstić information content (AvgIpc) is 2.79. The van der Waals surface area contributed by atoms with Crippen molar-refractivity contribution < 1.29 is 18.0 Å². The third-order valence-electron chi connectivity index (χ3n) is 3.55. The zero-order valence-corrected chi connectivity index (χ0v) is 10.5. The molecule has 0 radical (unpaired) electrons. The van der Waals surface area contributed by atoms with Crippen LogP contribution in [0.3, 0.4) is 0 Å². The number of hydrogen-bond acceptors (Lipinski definition) is 1. The van der Waals surface area contributed by atoms with Crippen molar-refractivity contribution in [3.05, 3.63) is 59.2 Å². The van der Waals surface area contributed by atoms with Crippen LogP contribution in [0.25, 0.3) is 11.1 Å². The lowest BCUT2D eigenvalue weighted by Crippen LogP contribution is -2.04. The van der Waals surface area contributed by atoms with Gasteiger partial charge in [0.05, 0.1) is 5.56 Å². The number of hydrogen-bond donors (Lipinski definition) is 0. The molecule has 102 valence electrons. The van der Waals surface area contributed by atoms with Gasteiger partial charge in [0.15, 0.2) is 5.78 Å². The maximum atomic E-state index is 12.7. The Morgan fingerprint density at radius 3 is 2.40 bits per heavy atom. The predicted molar refractivity (Wildman–Crippen MR) is 69.5 cm³/mol. The summed E-state index contributed by atoms with van der Waals surface area (Å²) in [5.41, 5.74) is 2.06. The Bertz CT molecular complexity index is 686. The van der Waals surface area contributed by atoms with Gasteiger partial charge in [0.25, 0.3) is 0 Å². The first-order valence-electron chi connectivity index (χ1n) is 6.29. The summed E-state index contributed by atoms with van der Waals surface area (Å²) in [6.07, 6.45) is -3.15. The fraction of sp³-hybridized carbons (Fsp3) is 0.188. The maximum Gasteiger partial charge on any atom is 0.416 e. The summed E-state index contributed by atoms with van der Waals surface area (Å²) in [6.45, 7) is 0. The minimum absolute atomic E-state index is 0.0637. The Morgan fingerprint density at radius 1 is 0.900 bits per heavy atom. The van der Waals surface area contributed by atoms with Crippen LogP contribution in [-0.4, -0.2) is 5.78 Å². The van der Waals surface area contributed by atoms with Crippen molar-refractivity contribution in [1.29, 1.82) is 0 Å². The van der Waals surface area contributed by atoms with Crippen LogP contribution in [0.15, 0.2) is 42.5 Å². The van der Waals surface area contributed by atoms with Gasteiger partial charge in [-0.15, -0.1) is 0 Å². The zero-order valence-electron chi connectivity index (χ0n) is 10.5. The third kappa shape index (κ3) is 2.22. The molecule has 0 bridgehead atoms. The lowest BCUT2D eigenvalue weighted by molar-refractivity contribution is -0.137. The highest BCUT2D eigenvalue weighted by atomic mass is 19.4. The largest absolute Gasteiger partial charge is 0.416 e. The molecular formula is C16H11F3O. The molecule has 0 unspecified atom stereocenters. The van der Waals surface area contributed by atoms with E-state index in [1.165, 1.54) is 6.07 Å². The summed E-state index contributed by atoms with van der Waals surface area (Å²) in [4.78, 5) is 11.7. The molecule has 20 heavy (non-hydrogen) atoms. The van der Waals surface area contributed by atoms with Gasteiger partial charge in [0.1, 0.15) is 0 Å². The van der Waals surface area contributed by atoms with Crippen LogP contribution in [0.5, 0.6) is 0 Å². The topological polar surface area (TPSA) is 17.1 Å². The monoisotopic (exact) mass is 276 g/mol. The fourth-order valence-corrected chi connectivity index (χ4v) is 2.49. The van der Waals surface area contributed by atoms with Crippen molar-refractivity contribution in [2.45, 2.75) is 19.0 Å². The van der Waals surface area contributed by atoms with Crippen LogP contribution < -0.4 is 0 Å². The molecule has 0 N–H and O–H groups in total. The number of alkyl halides is 3. The van der Waals surface area contributed by atoms with Gasteiger partial charge >= 0.3 is 6.18 Å². The van der Waals surface area contributed by atoms with Gasteiger partial charge in [0, 0.05) is 12.0 Å². The second-order valence-electron chi connectivity index (χ2n) is 4.87. The minimum atomic E-state index is -4.36. The maximum absolute atomic E-state index is 12.7. The van der Waals surface area contributed by atoms with Crippen LogP contribution in [0, 0.1) is 0 Å². The molecule has 2 aromatic rings. The summed E-state index contributed by atoms with van der Waals surface area (Å²) in [7, 11) is 0. The normalized spacial score (nSPS) is 14.4. The number of benzene rings is 2. The van der Waals surface area contributed by atoms with Gasteiger partial charge in [-0.1, -0.05) is 24.3 Å². The van der Waals surface area contributed by atoms with Gasteiger partial charge in [-0.2, -0.15) is 13.2 Å². The molecule has 0 saturated heterocycles. The fourth-order valence-electron chi connectivity index (χ4n) is 2.49. The van der Waals surface area contributed by atoms with Crippen LogP contribution in [-0.2, 0) is 12.6 Å². The molecule has 1 aliphatic rings. The smallest absolute Gasteiger partial charge is 0.294 e. The first-order valence-corrected chi connectivity index (χ1v) is 6.29. The van der Waals surface area contributed by atoms with Crippen LogP contribution in [0.1, 0.15) is 27.9 Å². The van der Waals surface area contributed by atoms with E-state index in [0.717, 1.165) is 24.1 Å². The SMILES string of the molecule is O=C1CCc2ccc(-c3cccc(C(F)(F)F)c3)cc21. The van der Waals surface area contributed by atoms with Gasteiger partial charge in [-0.05, 0) is 41.3 Å². The molecule has 0 spiro atoms. The van der Waals surface area contributed by atoms with Crippen molar-refractivity contribution in [1.82, 2.24) is 0 Å². The van der Waals surface area contributed by atoms with E-state index in [-0.39, 0.29) is 5.78 Å². The highest BCUT2D eigenvalue weighted by molar-refractivity contribution is 6.01. The quantitative estimate of drug-likeness (QED) is 0.749. The predicted octanol–water partition coefficient (Wildman–Crippen LogP) is 4.50. The molecule has 1 nitrogen and oxygen atoms in total. The molecular weight excluding hydrogens is 265 g/mol. The highest BCUT2D eigenvalue weighted by Crippen LogP contribution is 2.33. The molecule has 0 heterocycles. The number of carbonyl (C=O) groups is 1. The Balaban J connectivity index is 2.06. The number of Topliss-reactive ketones (excluding diaryl/α,β-unsaturated/α-hetero) is 1. The summed E-state index contributed by atoms with van der Waals surface area (Å²) in [6, 6.07) is 10.5. The van der Waals surface area contributed by atoms with Gasteiger partial charge < -0.3 is 0 Å². The number of ketones is 1. The van der Waals surface area contributed by atoms with Gasteiger partial charge in [-0.25, -0.2) is 0 Å². The molecule has 0 amide bonds. The van der Waals surface area contributed by atoms with E-state index < -0.39 is 11.7 Å². The van der Waals surface area contributed by atoms with E-state index in [1.807, 2.05) is 6.07 Å². The van der Waals surface area contributed by atoms with Crippen LogP contribution in [0.4, 0.5) is 13.2 Å². The Morgan fingerprint density at radius 2 is 1.65 bits per heavy atom. The van der Waals surface area contributed by atoms with Crippen molar-refractivity contribution in [2.24, 2.45) is 0 Å². The number of halogens is 3. The first-order chi connectivity index (χ1) is 9.45. The first kappa shape index (κ1) is 12.9. The number of fused-ring (bicyclic) bond motifs is 1. The summed E-state index contributed by atoms with van der Waals surface area (Å²) >= 11 is 0. The van der Waals surface area contributed by atoms with Gasteiger partial charge in [-0.3, -0.25) is 4.79 Å². The Kier molecular flexibility index (Phi) is 2.89. The second-order valence-corrected chi connectivity index (χ2v) is 4.87. The van der Waals surface area contributed by atoms with E-state index in [1.54, 1.807) is 18.2 Å². The van der Waals surface area contributed by atoms with Crippen molar-refractivity contribution in [3.63, 3.8) is 0 Å². The molecule has 0 fully saturated rings. The minimum Gasteiger partial charge on any atom is -0.294 e. The molecule has 0 saturated carbocycles. The standard InChI is InChI=1S/C16H11F3O/c17-16(18,19)13-3-1-2-11(8-13)12-5-4-10-6-7-15(20)14(10)9-12/h1-5,8-9H,6-7H2. The average molecular weight is 276 g/mol. The molecule has 0 aliphatic heterocycles. The van der Waals surface area contributed by atoms with Crippen molar-refractivity contribution >= 4 is 5.78 Å². The Hall–Kier alpha value is -2.10. The zero-order chi connectivity index (χ0) is 14.3. The lowest BCUT2D eigenvalue weighted by atomic mass is 9.99. The molecule has 4 heteroatoms. The number of carbonyl (C=O) groups excluding carboxylic acids is 1. The third-order valence-corrected chi connectivity index (χ3v) is 3.55. The van der Waals surface area contributed by atoms with Crippen molar-refractivity contribution in [2.75, 3.05) is 0 Å². The van der Waals surface area contributed by atoms with Crippen LogP contribution >= 0.6 is 0 Å². The summed E-state index contributed by atoms with van der Waals surface area (Å²) in [5.74, 6) is 0.0637. The van der Waals surface area contributed by atoms with E-state index >= 15 is 0 Å². The van der Waals surface area contributed by atoms with E-state index in [4.69, 9.17) is 0 Å². The van der Waals surface area contributed by atoms with E-state index in [0.29, 0.717) is 23.1 Å². The van der Waals surface area contributed by atoms with Crippen LogP contribution in [0.2, 0.25) is 0 Å². The lowest BCUT2D eigenvalue weighted by Gasteiger charge is -2.09. The van der Waals surface area contributed by atoms with E-state index in [2.05, 4.69) is 0 Å². The second kappa shape index (κ2) is 4.47. The molecule has 2 aromatic carbocycles. The molecule has 1 aliphatic carbocycles. The number of rotatable bonds is 1.